The van der Waals surface area contributed by atoms with E-state index < -0.39 is 38.9 Å². The van der Waals surface area contributed by atoms with Crippen LogP contribution in [0.25, 0.3) is 0 Å². The van der Waals surface area contributed by atoms with Crippen LogP contribution >= 0.6 is 0 Å². The van der Waals surface area contributed by atoms with Gasteiger partial charge in [-0.25, -0.2) is 4.79 Å². The maximum absolute atomic E-state index is 11.5. The molecule has 1 amide bonds. The van der Waals surface area contributed by atoms with Crippen molar-refractivity contribution in [2.24, 2.45) is 0 Å². The first-order valence-corrected chi connectivity index (χ1v) is 6.14. The standard InChI is InChI=1S/C9H15NO6S/c1-6(8(12)16-4)7(11)10-9(2,3)5-17(13,14)15/h1,5H2,2-4H3,(H,10,11)(H,13,14,15). The van der Waals surface area contributed by atoms with Crippen molar-refractivity contribution < 1.29 is 27.3 Å². The Morgan fingerprint density at radius 3 is 2.24 bits per heavy atom. The van der Waals surface area contributed by atoms with Gasteiger partial charge in [-0.05, 0) is 13.8 Å². The van der Waals surface area contributed by atoms with Crippen LogP contribution in [0.4, 0.5) is 0 Å². The first-order valence-electron chi connectivity index (χ1n) is 4.53. The van der Waals surface area contributed by atoms with Crippen molar-refractivity contribution in [2.45, 2.75) is 19.4 Å². The molecule has 17 heavy (non-hydrogen) atoms. The van der Waals surface area contributed by atoms with Gasteiger partial charge in [-0.15, -0.1) is 0 Å². The highest BCUT2D eigenvalue weighted by Gasteiger charge is 2.29. The monoisotopic (exact) mass is 265 g/mol. The topological polar surface area (TPSA) is 110 Å². The van der Waals surface area contributed by atoms with Crippen molar-refractivity contribution in [3.63, 3.8) is 0 Å². The molecule has 0 aromatic heterocycles. The number of methoxy groups -OCH3 is 1. The molecule has 0 fully saturated rings. The summed E-state index contributed by atoms with van der Waals surface area (Å²) in [6.07, 6.45) is 0. The van der Waals surface area contributed by atoms with Gasteiger partial charge in [-0.1, -0.05) is 6.58 Å². The molecule has 0 aromatic carbocycles. The van der Waals surface area contributed by atoms with E-state index in [1.165, 1.54) is 13.8 Å². The van der Waals surface area contributed by atoms with Crippen molar-refractivity contribution in [3.05, 3.63) is 12.2 Å². The average molecular weight is 265 g/mol. The Morgan fingerprint density at radius 2 is 1.88 bits per heavy atom. The second kappa shape index (κ2) is 5.28. The lowest BCUT2D eigenvalue weighted by atomic mass is 10.1. The van der Waals surface area contributed by atoms with Crippen LogP contribution in [0.2, 0.25) is 0 Å². The highest BCUT2D eigenvalue weighted by molar-refractivity contribution is 7.85. The number of amides is 1. The maximum Gasteiger partial charge on any atom is 0.342 e. The van der Waals surface area contributed by atoms with Gasteiger partial charge >= 0.3 is 5.97 Å². The minimum atomic E-state index is -4.24. The van der Waals surface area contributed by atoms with Gasteiger partial charge in [-0.2, -0.15) is 8.42 Å². The van der Waals surface area contributed by atoms with Gasteiger partial charge in [0.1, 0.15) is 5.57 Å². The smallest absolute Gasteiger partial charge is 0.342 e. The molecule has 0 rings (SSSR count). The van der Waals surface area contributed by atoms with E-state index in [0.29, 0.717) is 0 Å². The molecule has 7 nitrogen and oxygen atoms in total. The van der Waals surface area contributed by atoms with Crippen LogP contribution in [0.5, 0.6) is 0 Å². The number of carbonyl (C=O) groups is 2. The Labute approximate surface area is 99.6 Å². The zero-order chi connectivity index (χ0) is 13.9. The predicted molar refractivity (Wildman–Crippen MR) is 59.8 cm³/mol. The van der Waals surface area contributed by atoms with E-state index in [2.05, 4.69) is 16.6 Å². The zero-order valence-electron chi connectivity index (χ0n) is 9.81. The summed E-state index contributed by atoms with van der Waals surface area (Å²) >= 11 is 0. The van der Waals surface area contributed by atoms with Gasteiger partial charge in [0.15, 0.2) is 0 Å². The van der Waals surface area contributed by atoms with Gasteiger partial charge in [0.25, 0.3) is 16.0 Å². The highest BCUT2D eigenvalue weighted by atomic mass is 32.2. The van der Waals surface area contributed by atoms with Crippen LogP contribution < -0.4 is 5.32 Å². The molecule has 0 atom stereocenters. The molecule has 0 spiro atoms. The fourth-order valence-electron chi connectivity index (χ4n) is 1.09. The lowest BCUT2D eigenvalue weighted by Gasteiger charge is -2.24. The normalized spacial score (nSPS) is 11.8. The van der Waals surface area contributed by atoms with E-state index in [9.17, 15) is 18.0 Å². The molecule has 8 heteroatoms. The molecule has 0 saturated heterocycles. The van der Waals surface area contributed by atoms with Gasteiger partial charge < -0.3 is 10.1 Å². The molecule has 0 saturated carbocycles. The van der Waals surface area contributed by atoms with Crippen LogP contribution in [0.15, 0.2) is 12.2 Å². The van der Waals surface area contributed by atoms with Crippen molar-refractivity contribution in [2.75, 3.05) is 12.9 Å². The lowest BCUT2D eigenvalue weighted by molar-refractivity contribution is -0.138. The molecular formula is C9H15NO6S. The van der Waals surface area contributed by atoms with E-state index in [1.807, 2.05) is 0 Å². The van der Waals surface area contributed by atoms with Crippen LogP contribution in [0.1, 0.15) is 13.8 Å². The third-order valence-corrected chi connectivity index (χ3v) is 2.79. The molecule has 0 aromatic rings. The number of ether oxygens (including phenoxy) is 1. The lowest BCUT2D eigenvalue weighted by Crippen LogP contribution is -2.49. The van der Waals surface area contributed by atoms with E-state index in [0.717, 1.165) is 7.11 Å². The summed E-state index contributed by atoms with van der Waals surface area (Å²) in [6.45, 7) is 5.96. The summed E-state index contributed by atoms with van der Waals surface area (Å²) in [5.41, 5.74) is -1.68. The summed E-state index contributed by atoms with van der Waals surface area (Å²) in [6, 6.07) is 0. The van der Waals surface area contributed by atoms with Crippen molar-refractivity contribution in [1.29, 1.82) is 0 Å². The number of carbonyl (C=O) groups excluding carboxylic acids is 2. The molecular weight excluding hydrogens is 250 g/mol. The molecule has 2 N–H and O–H groups in total. The molecule has 0 aliphatic carbocycles. The average Bonchev–Trinajstić information content (AvgIpc) is 2.10. The van der Waals surface area contributed by atoms with Gasteiger partial charge in [0.2, 0.25) is 0 Å². The SMILES string of the molecule is C=C(C(=O)NC(C)(C)CS(=O)(=O)O)C(=O)OC. The second-order valence-corrected chi connectivity index (χ2v) is 5.49. The summed E-state index contributed by atoms with van der Waals surface area (Å²) in [7, 11) is -3.15. The van der Waals surface area contributed by atoms with Crippen LogP contribution in [0, 0.1) is 0 Å². The minimum Gasteiger partial charge on any atom is -0.465 e. The Kier molecular flexibility index (Phi) is 4.84. The van der Waals surface area contributed by atoms with Gasteiger partial charge in [0.05, 0.1) is 18.4 Å². The third kappa shape index (κ3) is 6.03. The van der Waals surface area contributed by atoms with Crippen molar-refractivity contribution >= 4 is 22.0 Å². The fourth-order valence-corrected chi connectivity index (χ4v) is 2.07. The second-order valence-electron chi connectivity index (χ2n) is 4.03. The van der Waals surface area contributed by atoms with Gasteiger partial charge in [0, 0.05) is 0 Å². The molecule has 0 heterocycles. The Morgan fingerprint density at radius 1 is 1.41 bits per heavy atom. The molecule has 0 aliphatic heterocycles. The number of nitrogens with one attached hydrogen (secondary N) is 1. The Balaban J connectivity index is 4.69. The summed E-state index contributed by atoms with van der Waals surface area (Å²) in [4.78, 5) is 22.4. The Hall–Kier alpha value is -1.41. The number of esters is 1. The van der Waals surface area contributed by atoms with E-state index in [4.69, 9.17) is 4.55 Å². The summed E-state index contributed by atoms with van der Waals surface area (Å²) < 4.78 is 34.3. The van der Waals surface area contributed by atoms with Crippen LogP contribution in [-0.4, -0.2) is 43.2 Å². The summed E-state index contributed by atoms with van der Waals surface area (Å²) in [5, 5.41) is 2.25. The first-order chi connectivity index (χ1) is 7.48. The van der Waals surface area contributed by atoms with Crippen LogP contribution in [0.3, 0.4) is 0 Å². The molecule has 0 aliphatic rings. The molecule has 0 unspecified atom stereocenters. The minimum absolute atomic E-state index is 0.448. The molecule has 0 bridgehead atoms. The summed E-state index contributed by atoms with van der Waals surface area (Å²) in [5.74, 6) is -2.45. The van der Waals surface area contributed by atoms with Crippen LogP contribution in [-0.2, 0) is 24.4 Å². The molecule has 98 valence electrons. The maximum atomic E-state index is 11.5. The van der Waals surface area contributed by atoms with Gasteiger partial charge in [-0.3, -0.25) is 9.35 Å². The third-order valence-electron chi connectivity index (χ3n) is 1.70. The quantitative estimate of drug-likeness (QED) is 0.228. The highest BCUT2D eigenvalue weighted by Crippen LogP contribution is 2.07. The zero-order valence-corrected chi connectivity index (χ0v) is 10.6. The van der Waals surface area contributed by atoms with E-state index in [1.54, 1.807) is 0 Å². The van der Waals surface area contributed by atoms with Crippen molar-refractivity contribution in [1.82, 2.24) is 5.32 Å². The number of rotatable bonds is 5. The predicted octanol–water partition coefficient (Wildman–Crippen LogP) is -0.502. The van der Waals surface area contributed by atoms with E-state index >= 15 is 0 Å². The van der Waals surface area contributed by atoms with Crippen molar-refractivity contribution in [3.8, 4) is 0 Å². The Bertz CT molecular complexity index is 436. The fraction of sp³-hybridized carbons (Fsp3) is 0.556. The van der Waals surface area contributed by atoms with E-state index in [-0.39, 0.29) is 0 Å². The number of hydrogen-bond acceptors (Lipinski definition) is 5. The molecule has 0 radical (unpaired) electrons. The largest absolute Gasteiger partial charge is 0.465 e. The first kappa shape index (κ1) is 15.6. The number of hydrogen-bond donors (Lipinski definition) is 2.